The highest BCUT2D eigenvalue weighted by molar-refractivity contribution is 9.13. The van der Waals surface area contributed by atoms with Crippen LogP contribution >= 0.6 is 63.7 Å². The van der Waals surface area contributed by atoms with Gasteiger partial charge in [0.05, 0.1) is 8.95 Å². The van der Waals surface area contributed by atoms with Crippen LogP contribution in [0.3, 0.4) is 0 Å². The predicted molar refractivity (Wildman–Crippen MR) is 87.1 cm³/mol. The molecule has 0 saturated carbocycles. The number of ether oxygens (including phenoxy) is 1. The lowest BCUT2D eigenvalue weighted by atomic mass is 10.3. The van der Waals surface area contributed by atoms with Crippen molar-refractivity contribution >= 4 is 63.7 Å². The summed E-state index contributed by atoms with van der Waals surface area (Å²) in [7, 11) is 0. The summed E-state index contributed by atoms with van der Waals surface area (Å²) in [6, 6.07) is 6.65. The van der Waals surface area contributed by atoms with Crippen molar-refractivity contribution in [3.8, 4) is 23.0 Å². The van der Waals surface area contributed by atoms with Crippen molar-refractivity contribution in [3.63, 3.8) is 0 Å². The van der Waals surface area contributed by atoms with Gasteiger partial charge in [0.25, 0.3) is 0 Å². The highest BCUT2D eigenvalue weighted by Gasteiger charge is 2.15. The molecule has 0 bridgehead atoms. The van der Waals surface area contributed by atoms with E-state index in [0.717, 1.165) is 0 Å². The number of halogens is 4. The summed E-state index contributed by atoms with van der Waals surface area (Å²) >= 11 is 13.0. The van der Waals surface area contributed by atoms with Gasteiger partial charge in [0.1, 0.15) is 0 Å². The van der Waals surface area contributed by atoms with E-state index in [-0.39, 0.29) is 23.0 Å². The maximum Gasteiger partial charge on any atom is 0.174 e. The highest BCUT2D eigenvalue weighted by atomic mass is 79.9. The fourth-order valence-electron chi connectivity index (χ4n) is 1.33. The average molecular weight is 518 g/mol. The Morgan fingerprint density at radius 1 is 0.684 bits per heavy atom. The molecular formula is C12H6Br4O3. The van der Waals surface area contributed by atoms with E-state index in [2.05, 4.69) is 63.7 Å². The summed E-state index contributed by atoms with van der Waals surface area (Å²) in [6.07, 6.45) is 0. The van der Waals surface area contributed by atoms with Crippen molar-refractivity contribution in [2.75, 3.05) is 0 Å². The molecule has 0 amide bonds. The molecule has 0 saturated heterocycles. The first-order chi connectivity index (χ1) is 8.91. The zero-order valence-electron chi connectivity index (χ0n) is 9.12. The van der Waals surface area contributed by atoms with Crippen molar-refractivity contribution in [3.05, 3.63) is 42.2 Å². The van der Waals surface area contributed by atoms with Crippen molar-refractivity contribution in [1.82, 2.24) is 0 Å². The molecule has 0 atom stereocenters. The van der Waals surface area contributed by atoms with Crippen LogP contribution in [0.1, 0.15) is 0 Å². The molecule has 0 heterocycles. The molecule has 0 radical (unpaired) electrons. The summed E-state index contributed by atoms with van der Waals surface area (Å²) in [5.74, 6) is 0.375. The van der Waals surface area contributed by atoms with Gasteiger partial charge < -0.3 is 14.9 Å². The Bertz CT molecular complexity index is 588. The van der Waals surface area contributed by atoms with Crippen LogP contribution in [0, 0.1) is 0 Å². The summed E-state index contributed by atoms with van der Waals surface area (Å²) in [5.41, 5.74) is 0. The van der Waals surface area contributed by atoms with E-state index in [4.69, 9.17) is 4.74 Å². The number of aromatic hydroxyl groups is 2. The van der Waals surface area contributed by atoms with E-state index in [1.165, 1.54) is 0 Å². The van der Waals surface area contributed by atoms with Gasteiger partial charge in [-0.3, -0.25) is 0 Å². The summed E-state index contributed by atoms with van der Waals surface area (Å²) in [4.78, 5) is 0. The summed E-state index contributed by atoms with van der Waals surface area (Å²) in [5, 5.41) is 19.9. The van der Waals surface area contributed by atoms with E-state index in [1.807, 2.05) is 0 Å². The zero-order valence-corrected chi connectivity index (χ0v) is 15.5. The number of rotatable bonds is 2. The molecule has 0 aliphatic rings. The van der Waals surface area contributed by atoms with E-state index < -0.39 is 0 Å². The van der Waals surface area contributed by atoms with Crippen molar-refractivity contribution in [2.24, 2.45) is 0 Å². The van der Waals surface area contributed by atoms with E-state index in [0.29, 0.717) is 17.9 Å². The summed E-state index contributed by atoms with van der Waals surface area (Å²) in [6.45, 7) is 0. The molecule has 3 nitrogen and oxygen atoms in total. The second-order valence-electron chi connectivity index (χ2n) is 3.52. The Morgan fingerprint density at radius 3 is 1.42 bits per heavy atom. The van der Waals surface area contributed by atoms with E-state index >= 15 is 0 Å². The lowest BCUT2D eigenvalue weighted by Gasteiger charge is -2.12. The third-order valence-electron chi connectivity index (χ3n) is 2.28. The van der Waals surface area contributed by atoms with Crippen molar-refractivity contribution < 1.29 is 14.9 Å². The van der Waals surface area contributed by atoms with E-state index in [9.17, 15) is 10.2 Å². The molecule has 2 aromatic carbocycles. The molecule has 0 spiro atoms. The van der Waals surface area contributed by atoms with Gasteiger partial charge in [0, 0.05) is 8.95 Å². The van der Waals surface area contributed by atoms with Crippen LogP contribution in [-0.4, -0.2) is 10.2 Å². The molecule has 0 aliphatic carbocycles. The first-order valence-electron chi connectivity index (χ1n) is 4.93. The Balaban J connectivity index is 2.43. The first-order valence-corrected chi connectivity index (χ1v) is 8.10. The van der Waals surface area contributed by atoms with Gasteiger partial charge in [-0.25, -0.2) is 0 Å². The van der Waals surface area contributed by atoms with Crippen LogP contribution in [0.15, 0.2) is 42.2 Å². The van der Waals surface area contributed by atoms with Crippen LogP contribution < -0.4 is 4.74 Å². The standard InChI is InChI=1S/C12H6Br4O3/c13-5-1-3-7(11(17)9(5)15)19-8-4-2-6(14)10(16)12(8)18/h1-4,17-18H. The molecule has 2 rings (SSSR count). The minimum absolute atomic E-state index is 0.0483. The molecule has 0 unspecified atom stereocenters. The lowest BCUT2D eigenvalue weighted by molar-refractivity contribution is 0.382. The smallest absolute Gasteiger partial charge is 0.174 e. The second kappa shape index (κ2) is 6.03. The SMILES string of the molecule is Oc1c(Oc2ccc(Br)c(Br)c2O)ccc(Br)c1Br. The molecule has 0 fully saturated rings. The maximum absolute atomic E-state index is 9.95. The number of hydrogen-bond donors (Lipinski definition) is 2. The topological polar surface area (TPSA) is 49.7 Å². The Labute approximate surface area is 143 Å². The van der Waals surface area contributed by atoms with E-state index in [1.54, 1.807) is 24.3 Å². The second-order valence-corrected chi connectivity index (χ2v) is 6.81. The number of benzene rings is 2. The van der Waals surface area contributed by atoms with Crippen LogP contribution in [-0.2, 0) is 0 Å². The molecule has 2 aromatic rings. The quantitative estimate of drug-likeness (QED) is 0.518. The Kier molecular flexibility index (Phi) is 4.81. The number of phenols is 2. The number of hydrogen-bond acceptors (Lipinski definition) is 3. The minimum atomic E-state index is -0.0483. The van der Waals surface area contributed by atoms with Crippen LogP contribution in [0.4, 0.5) is 0 Å². The average Bonchev–Trinajstić information content (AvgIpc) is 2.39. The monoisotopic (exact) mass is 514 g/mol. The molecule has 7 heteroatoms. The number of phenolic OH excluding ortho intramolecular Hbond substituents is 2. The fourth-order valence-corrected chi connectivity index (χ4v) is 2.62. The van der Waals surface area contributed by atoms with Crippen molar-refractivity contribution in [2.45, 2.75) is 0 Å². The zero-order chi connectivity index (χ0) is 14.2. The molecule has 100 valence electrons. The largest absolute Gasteiger partial charge is 0.503 e. The normalized spacial score (nSPS) is 10.5. The molecule has 2 N–H and O–H groups in total. The van der Waals surface area contributed by atoms with Crippen molar-refractivity contribution in [1.29, 1.82) is 0 Å². The third kappa shape index (κ3) is 3.09. The first kappa shape index (κ1) is 15.2. The molecule has 19 heavy (non-hydrogen) atoms. The van der Waals surface area contributed by atoms with Crippen LogP contribution in [0.25, 0.3) is 0 Å². The Morgan fingerprint density at radius 2 is 1.05 bits per heavy atom. The molecule has 0 aromatic heterocycles. The molecule has 0 aliphatic heterocycles. The highest BCUT2D eigenvalue weighted by Crippen LogP contribution is 2.45. The Hall–Kier alpha value is -0.240. The predicted octanol–water partition coefficient (Wildman–Crippen LogP) is 5.94. The van der Waals surface area contributed by atoms with Gasteiger partial charge in [0.15, 0.2) is 23.0 Å². The lowest BCUT2D eigenvalue weighted by Crippen LogP contribution is -1.88. The van der Waals surface area contributed by atoms with Gasteiger partial charge >= 0.3 is 0 Å². The van der Waals surface area contributed by atoms with Crippen LogP contribution in [0.2, 0.25) is 0 Å². The van der Waals surface area contributed by atoms with Gasteiger partial charge in [-0.2, -0.15) is 0 Å². The third-order valence-corrected chi connectivity index (χ3v) is 6.28. The fraction of sp³-hybridized carbons (Fsp3) is 0. The van der Waals surface area contributed by atoms with Gasteiger partial charge in [-0.1, -0.05) is 0 Å². The van der Waals surface area contributed by atoms with Crippen LogP contribution in [0.5, 0.6) is 23.0 Å². The van der Waals surface area contributed by atoms with Gasteiger partial charge in [-0.05, 0) is 88.0 Å². The maximum atomic E-state index is 9.95. The van der Waals surface area contributed by atoms with Gasteiger partial charge in [-0.15, -0.1) is 0 Å². The molecular weight excluding hydrogens is 512 g/mol. The minimum Gasteiger partial charge on any atom is -0.503 e. The summed E-state index contributed by atoms with van der Waals surface area (Å²) < 4.78 is 7.90. The van der Waals surface area contributed by atoms with Gasteiger partial charge in [0.2, 0.25) is 0 Å².